The van der Waals surface area contributed by atoms with E-state index < -0.39 is 10.0 Å². The van der Waals surface area contributed by atoms with E-state index in [1.165, 1.54) is 16.4 Å². The molecule has 0 saturated heterocycles. The molecule has 2 heterocycles. The second kappa shape index (κ2) is 5.13. The van der Waals surface area contributed by atoms with Gasteiger partial charge in [0.05, 0.1) is 25.9 Å². The molecule has 0 aliphatic rings. The van der Waals surface area contributed by atoms with E-state index in [4.69, 9.17) is 5.26 Å². The van der Waals surface area contributed by atoms with Crippen molar-refractivity contribution < 1.29 is 8.42 Å². The number of benzene rings is 1. The van der Waals surface area contributed by atoms with E-state index in [2.05, 4.69) is 4.98 Å². The van der Waals surface area contributed by atoms with E-state index in [-0.39, 0.29) is 4.90 Å². The first-order chi connectivity index (χ1) is 10.1. The average Bonchev–Trinajstić information content (AvgIpc) is 2.84. The Morgan fingerprint density at radius 2 is 1.90 bits per heavy atom. The quantitative estimate of drug-likeness (QED) is 0.610. The summed E-state index contributed by atoms with van der Waals surface area (Å²) in [5, 5.41) is 9.68. The van der Waals surface area contributed by atoms with E-state index in [0.717, 1.165) is 0 Å². The molecule has 0 aliphatic heterocycles. The van der Waals surface area contributed by atoms with Crippen LogP contribution in [0, 0.1) is 15.0 Å². The largest absolute Gasteiger partial charge is 0.269 e. The van der Waals surface area contributed by atoms with Crippen LogP contribution in [-0.4, -0.2) is 17.4 Å². The second-order valence-electron chi connectivity index (χ2n) is 4.28. The Morgan fingerprint density at radius 1 is 1.19 bits per heavy atom. The maximum absolute atomic E-state index is 12.8. The number of rotatable bonds is 2. The van der Waals surface area contributed by atoms with Crippen LogP contribution in [0.15, 0.2) is 53.7 Å². The molecule has 0 saturated carbocycles. The number of hydrogen-bond acceptors (Lipinski definition) is 4. The van der Waals surface area contributed by atoms with E-state index in [1.54, 1.807) is 36.4 Å². The van der Waals surface area contributed by atoms with Gasteiger partial charge in [-0.3, -0.25) is 4.98 Å². The van der Waals surface area contributed by atoms with Crippen LogP contribution >= 0.6 is 22.6 Å². The van der Waals surface area contributed by atoms with Crippen molar-refractivity contribution in [1.82, 2.24) is 8.96 Å². The number of hydrogen-bond donors (Lipinski definition) is 0. The Bertz CT molecular complexity index is 973. The van der Waals surface area contributed by atoms with Gasteiger partial charge in [-0.2, -0.15) is 5.26 Å². The third-order valence-electron chi connectivity index (χ3n) is 3.04. The van der Waals surface area contributed by atoms with Gasteiger partial charge in [0.2, 0.25) is 0 Å². The first-order valence-electron chi connectivity index (χ1n) is 5.91. The van der Waals surface area contributed by atoms with Gasteiger partial charge >= 0.3 is 0 Å². The predicted molar refractivity (Wildman–Crippen MR) is 86.2 cm³/mol. The molecule has 0 bridgehead atoms. The third-order valence-corrected chi connectivity index (χ3v) is 5.91. The molecule has 5 nitrogen and oxygen atoms in total. The number of fused-ring (bicyclic) bond motifs is 1. The molecule has 0 atom stereocenters. The highest BCUT2D eigenvalue weighted by molar-refractivity contribution is 14.1. The van der Waals surface area contributed by atoms with Crippen molar-refractivity contribution in [2.45, 2.75) is 4.90 Å². The van der Waals surface area contributed by atoms with Gasteiger partial charge < -0.3 is 0 Å². The summed E-state index contributed by atoms with van der Waals surface area (Å²) in [6, 6.07) is 11.9. The zero-order valence-electron chi connectivity index (χ0n) is 10.6. The van der Waals surface area contributed by atoms with E-state index in [1.807, 2.05) is 28.7 Å². The molecule has 0 unspecified atom stereocenters. The zero-order valence-corrected chi connectivity index (χ0v) is 13.5. The van der Waals surface area contributed by atoms with Crippen LogP contribution in [0.1, 0.15) is 5.56 Å². The van der Waals surface area contributed by atoms with Crippen molar-refractivity contribution in [3.63, 3.8) is 0 Å². The summed E-state index contributed by atoms with van der Waals surface area (Å²) in [7, 11) is -3.72. The van der Waals surface area contributed by atoms with Crippen molar-refractivity contribution >= 4 is 43.5 Å². The Morgan fingerprint density at radius 3 is 2.57 bits per heavy atom. The highest BCUT2D eigenvalue weighted by Gasteiger charge is 2.23. The monoisotopic (exact) mass is 409 g/mol. The molecule has 21 heavy (non-hydrogen) atoms. The van der Waals surface area contributed by atoms with Gasteiger partial charge in [-0.15, -0.1) is 0 Å². The summed E-state index contributed by atoms with van der Waals surface area (Å²) in [4.78, 5) is 4.15. The maximum Gasteiger partial charge on any atom is 0.269 e. The molecule has 0 amide bonds. The van der Waals surface area contributed by atoms with Gasteiger partial charge in [0.25, 0.3) is 10.0 Å². The first kappa shape index (κ1) is 14.0. The summed E-state index contributed by atoms with van der Waals surface area (Å²) >= 11 is 1.95. The number of nitriles is 1. The third kappa shape index (κ3) is 2.20. The van der Waals surface area contributed by atoms with Gasteiger partial charge in [-0.05, 0) is 40.8 Å². The standard InChI is InChI=1S/C14H8IN3O2S/c15-14-6-12-10(7-16)8-17-9-13(12)18(14)21(19,20)11-4-2-1-3-5-11/h1-6,8-9H. The van der Waals surface area contributed by atoms with Crippen molar-refractivity contribution in [2.24, 2.45) is 0 Å². The van der Waals surface area contributed by atoms with Crippen LogP contribution in [0.2, 0.25) is 0 Å². The molecular formula is C14H8IN3O2S. The number of nitrogens with zero attached hydrogens (tertiary/aromatic N) is 3. The molecule has 3 rings (SSSR count). The molecule has 2 aromatic heterocycles. The lowest BCUT2D eigenvalue weighted by molar-refractivity contribution is 0.588. The number of aromatic nitrogens is 2. The molecule has 0 N–H and O–H groups in total. The molecular weight excluding hydrogens is 401 g/mol. The number of pyridine rings is 1. The summed E-state index contributed by atoms with van der Waals surface area (Å²) in [5.41, 5.74) is 0.759. The van der Waals surface area contributed by atoms with E-state index >= 15 is 0 Å². The molecule has 0 fully saturated rings. The van der Waals surface area contributed by atoms with Crippen molar-refractivity contribution in [2.75, 3.05) is 0 Å². The molecule has 1 aromatic carbocycles. The fraction of sp³-hybridized carbons (Fsp3) is 0. The molecule has 0 spiro atoms. The van der Waals surface area contributed by atoms with Gasteiger partial charge in [0.1, 0.15) is 6.07 Å². The summed E-state index contributed by atoms with van der Waals surface area (Å²) in [5.74, 6) is 0. The Kier molecular flexibility index (Phi) is 3.43. The fourth-order valence-electron chi connectivity index (χ4n) is 2.10. The fourth-order valence-corrected chi connectivity index (χ4v) is 4.84. The predicted octanol–water partition coefficient (Wildman–Crippen LogP) is 2.75. The highest BCUT2D eigenvalue weighted by Crippen LogP contribution is 2.27. The van der Waals surface area contributed by atoms with Crippen LogP contribution in [0.5, 0.6) is 0 Å². The van der Waals surface area contributed by atoms with Crippen molar-refractivity contribution in [1.29, 1.82) is 5.26 Å². The average molecular weight is 409 g/mol. The van der Waals surface area contributed by atoms with Crippen LogP contribution in [-0.2, 0) is 10.0 Å². The molecule has 0 aliphatic carbocycles. The van der Waals surface area contributed by atoms with Crippen molar-refractivity contribution in [3.8, 4) is 6.07 Å². The van der Waals surface area contributed by atoms with Crippen LogP contribution in [0.4, 0.5) is 0 Å². The first-order valence-corrected chi connectivity index (χ1v) is 8.43. The lowest BCUT2D eigenvalue weighted by atomic mass is 10.2. The van der Waals surface area contributed by atoms with Gasteiger partial charge in [0.15, 0.2) is 0 Å². The highest BCUT2D eigenvalue weighted by atomic mass is 127. The summed E-state index contributed by atoms with van der Waals surface area (Å²) < 4.78 is 27.3. The van der Waals surface area contributed by atoms with Crippen LogP contribution in [0.25, 0.3) is 10.9 Å². The minimum atomic E-state index is -3.72. The van der Waals surface area contributed by atoms with Crippen LogP contribution < -0.4 is 0 Å². The zero-order chi connectivity index (χ0) is 15.0. The maximum atomic E-state index is 12.8. The SMILES string of the molecule is N#Cc1cncc2c1cc(I)n2S(=O)(=O)c1ccccc1. The van der Waals surface area contributed by atoms with E-state index in [9.17, 15) is 8.42 Å². The van der Waals surface area contributed by atoms with E-state index in [0.29, 0.717) is 20.2 Å². The summed E-state index contributed by atoms with van der Waals surface area (Å²) in [6.07, 6.45) is 2.89. The van der Waals surface area contributed by atoms with Crippen molar-refractivity contribution in [3.05, 3.63) is 58.1 Å². The summed E-state index contributed by atoms with van der Waals surface area (Å²) in [6.45, 7) is 0. The van der Waals surface area contributed by atoms with Gasteiger partial charge in [-0.1, -0.05) is 18.2 Å². The normalized spacial score (nSPS) is 11.4. The second-order valence-corrected chi connectivity index (χ2v) is 7.17. The molecule has 104 valence electrons. The molecule has 0 radical (unpaired) electrons. The van der Waals surface area contributed by atoms with Gasteiger partial charge in [0, 0.05) is 11.6 Å². The lowest BCUT2D eigenvalue weighted by Crippen LogP contribution is -2.14. The Labute approximate surface area is 135 Å². The Hall–Kier alpha value is -1.92. The topological polar surface area (TPSA) is 75.8 Å². The number of halogens is 1. The minimum absolute atomic E-state index is 0.197. The smallest absolute Gasteiger partial charge is 0.261 e. The minimum Gasteiger partial charge on any atom is -0.261 e. The van der Waals surface area contributed by atoms with Crippen LogP contribution in [0.3, 0.4) is 0 Å². The van der Waals surface area contributed by atoms with Gasteiger partial charge in [-0.25, -0.2) is 12.4 Å². The lowest BCUT2D eigenvalue weighted by Gasteiger charge is -2.08. The molecule has 3 aromatic rings. The molecule has 7 heteroatoms. The Balaban J connectivity index is 2.37.